The van der Waals surface area contributed by atoms with E-state index in [-0.39, 0.29) is 18.2 Å². The predicted molar refractivity (Wildman–Crippen MR) is 88.8 cm³/mol. The van der Waals surface area contributed by atoms with Gasteiger partial charge in [0.25, 0.3) is 0 Å². The number of nitrogens with zero attached hydrogens (tertiary/aromatic N) is 5. The van der Waals surface area contributed by atoms with Crippen molar-refractivity contribution in [3.05, 3.63) is 31.0 Å². The molecule has 0 aliphatic heterocycles. The van der Waals surface area contributed by atoms with Crippen LogP contribution in [0.25, 0.3) is 22.3 Å². The maximum atomic E-state index is 10.7. The lowest BCUT2D eigenvalue weighted by atomic mass is 10.1. The lowest BCUT2D eigenvalue weighted by Gasteiger charge is -2.13. The number of aromatic amines is 1. The Kier molecular flexibility index (Phi) is 4.86. The van der Waals surface area contributed by atoms with Crippen LogP contribution in [-0.2, 0) is 10.7 Å². The zero-order valence-electron chi connectivity index (χ0n) is 12.8. The number of hydrogen-bond acceptors (Lipinski definition) is 6. The largest absolute Gasteiger partial charge is 0.346 e. The van der Waals surface area contributed by atoms with Crippen molar-refractivity contribution < 1.29 is 8.42 Å². The predicted octanol–water partition coefficient (Wildman–Crippen LogP) is 1.67. The van der Waals surface area contributed by atoms with E-state index in [9.17, 15) is 8.42 Å². The molecule has 1 unspecified atom stereocenters. The Morgan fingerprint density at radius 1 is 1.38 bits per heavy atom. The fraction of sp³-hybridized carbons (Fsp3) is 0.333. The van der Waals surface area contributed by atoms with Crippen molar-refractivity contribution in [3.8, 4) is 17.3 Å². The average molecular weight is 344 g/mol. The molecule has 1 N–H and O–H groups in total. The van der Waals surface area contributed by atoms with E-state index in [0.29, 0.717) is 12.8 Å². The summed E-state index contributed by atoms with van der Waals surface area (Å²) in [6.45, 7) is 0. The number of nitriles is 1. The van der Waals surface area contributed by atoms with Gasteiger partial charge in [0.15, 0.2) is 0 Å². The average Bonchev–Trinajstić information content (AvgIpc) is 3.22. The minimum absolute atomic E-state index is 0.126. The molecule has 0 radical (unpaired) electrons. The quantitative estimate of drug-likeness (QED) is 0.630. The third kappa shape index (κ3) is 3.44. The summed E-state index contributed by atoms with van der Waals surface area (Å²) >= 11 is 0. The highest BCUT2D eigenvalue weighted by Gasteiger charge is 2.15. The van der Waals surface area contributed by atoms with Gasteiger partial charge in [-0.2, -0.15) is 10.4 Å². The molecule has 0 spiro atoms. The first kappa shape index (κ1) is 16.1. The van der Waals surface area contributed by atoms with Gasteiger partial charge in [-0.1, -0.05) is 0 Å². The SMILES string of the molecule is N#CCC(CCC[SH](=O)=O)n1cc(-c2ncnc3[nH]ccc23)cn1. The van der Waals surface area contributed by atoms with Crippen LogP contribution in [0.15, 0.2) is 31.0 Å². The summed E-state index contributed by atoms with van der Waals surface area (Å²) in [7, 11) is -2.39. The van der Waals surface area contributed by atoms with Crippen molar-refractivity contribution in [2.75, 3.05) is 5.75 Å². The summed E-state index contributed by atoms with van der Waals surface area (Å²) in [4.78, 5) is 11.5. The van der Waals surface area contributed by atoms with E-state index in [0.717, 1.165) is 22.3 Å². The molecular formula is C15H16N6O2S. The van der Waals surface area contributed by atoms with Crippen LogP contribution in [0.2, 0.25) is 0 Å². The Morgan fingerprint density at radius 2 is 2.25 bits per heavy atom. The zero-order valence-corrected chi connectivity index (χ0v) is 13.7. The molecule has 3 aromatic rings. The van der Waals surface area contributed by atoms with Crippen molar-refractivity contribution in [3.63, 3.8) is 0 Å². The van der Waals surface area contributed by atoms with Crippen molar-refractivity contribution in [1.82, 2.24) is 24.7 Å². The van der Waals surface area contributed by atoms with E-state index in [1.807, 2.05) is 12.3 Å². The summed E-state index contributed by atoms with van der Waals surface area (Å²) in [6.07, 6.45) is 8.21. The fourth-order valence-electron chi connectivity index (χ4n) is 2.65. The van der Waals surface area contributed by atoms with Crippen molar-refractivity contribution in [2.24, 2.45) is 0 Å². The van der Waals surface area contributed by atoms with Crippen molar-refractivity contribution in [1.29, 1.82) is 5.26 Å². The van der Waals surface area contributed by atoms with Gasteiger partial charge in [0, 0.05) is 29.1 Å². The van der Waals surface area contributed by atoms with Crippen LogP contribution in [0.1, 0.15) is 25.3 Å². The van der Waals surface area contributed by atoms with E-state index < -0.39 is 10.7 Å². The Balaban J connectivity index is 1.85. The summed E-state index contributed by atoms with van der Waals surface area (Å²) in [5.41, 5.74) is 2.35. The fourth-order valence-corrected chi connectivity index (χ4v) is 3.09. The molecule has 124 valence electrons. The first-order chi connectivity index (χ1) is 11.7. The topological polar surface area (TPSA) is 117 Å². The highest BCUT2D eigenvalue weighted by Crippen LogP contribution is 2.26. The van der Waals surface area contributed by atoms with E-state index in [4.69, 9.17) is 5.26 Å². The normalized spacial score (nSPS) is 12.5. The highest BCUT2D eigenvalue weighted by atomic mass is 32.2. The number of nitrogens with one attached hydrogen (secondary N) is 1. The van der Waals surface area contributed by atoms with Gasteiger partial charge in [-0.25, -0.2) is 18.4 Å². The van der Waals surface area contributed by atoms with Gasteiger partial charge in [-0.3, -0.25) is 4.68 Å². The molecule has 0 aliphatic carbocycles. The number of rotatable bonds is 7. The van der Waals surface area contributed by atoms with Crippen LogP contribution in [0.4, 0.5) is 0 Å². The molecule has 0 saturated carbocycles. The highest BCUT2D eigenvalue weighted by molar-refractivity contribution is 7.72. The van der Waals surface area contributed by atoms with Crippen molar-refractivity contribution >= 4 is 21.7 Å². The van der Waals surface area contributed by atoms with Gasteiger partial charge in [-0.05, 0) is 18.9 Å². The van der Waals surface area contributed by atoms with Crippen molar-refractivity contribution in [2.45, 2.75) is 25.3 Å². The van der Waals surface area contributed by atoms with E-state index >= 15 is 0 Å². The smallest absolute Gasteiger partial charge is 0.141 e. The molecule has 0 aromatic carbocycles. The van der Waals surface area contributed by atoms with Gasteiger partial charge in [0.1, 0.15) is 22.7 Å². The van der Waals surface area contributed by atoms with Crippen LogP contribution in [0.5, 0.6) is 0 Å². The third-order valence-corrected chi connectivity index (χ3v) is 4.49. The molecule has 0 bridgehead atoms. The standard InChI is InChI=1S/C15H16N6O2S/c16-5-3-12(2-1-7-24(22)23)21-9-11(8-20-21)14-13-4-6-17-15(13)19-10-18-14/h4,6,8-10,12,24H,1-3,7H2,(H,17,18,19). The number of hydrogen-bond donors (Lipinski definition) is 2. The Labute approximate surface area is 140 Å². The monoisotopic (exact) mass is 344 g/mol. The number of aromatic nitrogens is 5. The maximum Gasteiger partial charge on any atom is 0.141 e. The Hall–Kier alpha value is -2.73. The number of thiol groups is 1. The van der Waals surface area contributed by atoms with E-state index in [1.165, 1.54) is 6.33 Å². The second kappa shape index (κ2) is 7.23. The summed E-state index contributed by atoms with van der Waals surface area (Å²) in [6, 6.07) is 3.89. The maximum absolute atomic E-state index is 10.7. The van der Waals surface area contributed by atoms with E-state index in [2.05, 4.69) is 26.1 Å². The lowest BCUT2D eigenvalue weighted by molar-refractivity contribution is 0.428. The molecule has 3 rings (SSSR count). The summed E-state index contributed by atoms with van der Waals surface area (Å²) in [5, 5.41) is 14.3. The van der Waals surface area contributed by atoms with Gasteiger partial charge in [0.05, 0.1) is 30.4 Å². The first-order valence-corrected chi connectivity index (χ1v) is 8.86. The molecule has 0 fully saturated rings. The van der Waals surface area contributed by atoms with Gasteiger partial charge >= 0.3 is 0 Å². The minimum atomic E-state index is -2.39. The summed E-state index contributed by atoms with van der Waals surface area (Å²) < 4.78 is 23.1. The molecule has 3 aromatic heterocycles. The van der Waals surface area contributed by atoms with Gasteiger partial charge in [-0.15, -0.1) is 0 Å². The molecular weight excluding hydrogens is 328 g/mol. The lowest BCUT2D eigenvalue weighted by Crippen LogP contribution is -2.10. The molecule has 0 aliphatic rings. The second-order valence-electron chi connectivity index (χ2n) is 5.39. The second-order valence-corrected chi connectivity index (χ2v) is 6.50. The van der Waals surface area contributed by atoms with Crippen LogP contribution in [-0.4, -0.2) is 38.9 Å². The first-order valence-electron chi connectivity index (χ1n) is 7.50. The summed E-state index contributed by atoms with van der Waals surface area (Å²) in [5.74, 6) is 0.126. The Bertz CT molecular complexity index is 944. The minimum Gasteiger partial charge on any atom is -0.346 e. The molecule has 1 atom stereocenters. The molecule has 8 nitrogen and oxygen atoms in total. The Morgan fingerprint density at radius 3 is 3.04 bits per heavy atom. The number of H-pyrrole nitrogens is 1. The molecule has 9 heteroatoms. The number of fused-ring (bicyclic) bond motifs is 1. The van der Waals surface area contributed by atoms with Crippen LogP contribution < -0.4 is 0 Å². The van der Waals surface area contributed by atoms with Crippen LogP contribution >= 0.6 is 0 Å². The van der Waals surface area contributed by atoms with Crippen LogP contribution in [0, 0.1) is 11.3 Å². The van der Waals surface area contributed by atoms with Gasteiger partial charge < -0.3 is 4.98 Å². The molecule has 3 heterocycles. The molecule has 24 heavy (non-hydrogen) atoms. The van der Waals surface area contributed by atoms with Gasteiger partial charge in [0.2, 0.25) is 0 Å². The molecule has 0 saturated heterocycles. The molecule has 0 amide bonds. The third-order valence-electron chi connectivity index (χ3n) is 3.81. The zero-order chi connectivity index (χ0) is 16.9. The van der Waals surface area contributed by atoms with E-state index in [1.54, 1.807) is 17.1 Å². The van der Waals surface area contributed by atoms with Crippen LogP contribution in [0.3, 0.4) is 0 Å².